The zero-order chi connectivity index (χ0) is 9.35. The molecule has 0 radical (unpaired) electrons. The first-order valence-corrected chi connectivity index (χ1v) is 3.40. The fourth-order valence-corrected chi connectivity index (χ4v) is 0.825. The average Bonchev–Trinajstić information content (AvgIpc) is 2.31. The van der Waals surface area contributed by atoms with Crippen LogP contribution in [0.3, 0.4) is 0 Å². The Morgan fingerprint density at radius 1 is 1.75 bits per heavy atom. The van der Waals surface area contributed by atoms with Crippen molar-refractivity contribution in [2.45, 2.75) is 11.5 Å². The van der Waals surface area contributed by atoms with Crippen LogP contribution < -0.4 is 0 Å². The van der Waals surface area contributed by atoms with E-state index >= 15 is 0 Å². The van der Waals surface area contributed by atoms with E-state index in [-0.39, 0.29) is 5.69 Å². The molecule has 0 aliphatic carbocycles. The highest BCUT2D eigenvalue weighted by Gasteiger charge is 2.38. The molecule has 0 aromatic carbocycles. The van der Waals surface area contributed by atoms with Crippen LogP contribution in [0.5, 0.6) is 0 Å². The van der Waals surface area contributed by atoms with E-state index in [1.807, 2.05) is 0 Å². The van der Waals surface area contributed by atoms with Gasteiger partial charge in [0.1, 0.15) is 0 Å². The van der Waals surface area contributed by atoms with Crippen LogP contribution in [0.4, 0.5) is 8.78 Å². The number of alkyl halides is 3. The molecule has 4 nitrogen and oxygen atoms in total. The summed E-state index contributed by atoms with van der Waals surface area (Å²) in [5, 5.41) is 11.9. The van der Waals surface area contributed by atoms with Gasteiger partial charge in [0.15, 0.2) is 6.10 Å². The molecule has 0 fully saturated rings. The summed E-state index contributed by atoms with van der Waals surface area (Å²) in [5.41, 5.74) is -0.130. The second kappa shape index (κ2) is 2.95. The summed E-state index contributed by atoms with van der Waals surface area (Å²) in [5.74, 6) is 0. The van der Waals surface area contributed by atoms with Crippen LogP contribution in [-0.2, 0) is 7.05 Å². The highest BCUT2D eigenvalue weighted by Crippen LogP contribution is 2.33. The molecule has 1 atom stereocenters. The van der Waals surface area contributed by atoms with E-state index in [4.69, 9.17) is 5.11 Å². The molecule has 1 heterocycles. The zero-order valence-corrected chi connectivity index (χ0v) is 6.83. The van der Waals surface area contributed by atoms with Gasteiger partial charge in [0.05, 0.1) is 11.9 Å². The van der Waals surface area contributed by atoms with E-state index in [1.54, 1.807) is 0 Å². The van der Waals surface area contributed by atoms with Crippen molar-refractivity contribution >= 4 is 11.6 Å². The van der Waals surface area contributed by atoms with Gasteiger partial charge in [-0.1, -0.05) is 5.21 Å². The molecule has 0 saturated carbocycles. The van der Waals surface area contributed by atoms with Crippen molar-refractivity contribution in [3.8, 4) is 0 Å². The number of aliphatic hydroxyl groups excluding tert-OH is 1. The van der Waals surface area contributed by atoms with Crippen molar-refractivity contribution in [1.82, 2.24) is 15.0 Å². The Kier molecular flexibility index (Phi) is 2.29. The Labute approximate surface area is 71.8 Å². The normalized spacial score (nSPS) is 14.8. The summed E-state index contributed by atoms with van der Waals surface area (Å²) < 4.78 is 25.6. The quantitative estimate of drug-likeness (QED) is 0.710. The summed E-state index contributed by atoms with van der Waals surface area (Å²) in [6.45, 7) is 0. The van der Waals surface area contributed by atoms with Crippen LogP contribution in [-0.4, -0.2) is 25.5 Å². The van der Waals surface area contributed by atoms with E-state index in [2.05, 4.69) is 21.9 Å². The number of rotatable bonds is 2. The zero-order valence-electron chi connectivity index (χ0n) is 6.08. The number of hydrogen-bond acceptors (Lipinski definition) is 3. The third-order valence-electron chi connectivity index (χ3n) is 1.34. The van der Waals surface area contributed by atoms with Gasteiger partial charge in [-0.15, -0.1) is 5.10 Å². The molecule has 1 aromatic heterocycles. The van der Waals surface area contributed by atoms with Crippen LogP contribution in [0, 0.1) is 0 Å². The summed E-state index contributed by atoms with van der Waals surface area (Å²) in [6, 6.07) is 0. The Balaban J connectivity index is 2.92. The monoisotopic (exact) mass is 197 g/mol. The Morgan fingerprint density at radius 2 is 2.33 bits per heavy atom. The summed E-state index contributed by atoms with van der Waals surface area (Å²) in [4.78, 5) is 0. The molecule has 0 amide bonds. The minimum absolute atomic E-state index is 0.130. The Hall–Kier alpha value is -0.750. The van der Waals surface area contributed by atoms with Crippen LogP contribution >= 0.6 is 11.6 Å². The minimum atomic E-state index is -3.70. The Bertz CT molecular complexity index is 272. The van der Waals surface area contributed by atoms with Gasteiger partial charge < -0.3 is 5.11 Å². The number of aryl methyl sites for hydroxylation is 1. The first-order valence-electron chi connectivity index (χ1n) is 3.02. The lowest BCUT2D eigenvalue weighted by Gasteiger charge is -2.14. The van der Waals surface area contributed by atoms with Crippen LogP contribution in [0.1, 0.15) is 11.8 Å². The molecule has 0 bridgehead atoms. The minimum Gasteiger partial charge on any atom is -0.379 e. The maximum absolute atomic E-state index is 12.3. The van der Waals surface area contributed by atoms with Gasteiger partial charge in [0.25, 0.3) is 0 Å². The second-order valence-electron chi connectivity index (χ2n) is 2.23. The molecule has 0 saturated heterocycles. The van der Waals surface area contributed by atoms with Gasteiger partial charge in [-0.25, -0.2) is 4.68 Å². The lowest BCUT2D eigenvalue weighted by Crippen LogP contribution is -2.21. The van der Waals surface area contributed by atoms with E-state index in [1.165, 1.54) is 7.05 Å². The van der Waals surface area contributed by atoms with Gasteiger partial charge in [0, 0.05) is 7.05 Å². The number of nitrogens with zero attached hydrogens (tertiary/aromatic N) is 3. The van der Waals surface area contributed by atoms with E-state index in [9.17, 15) is 8.78 Å². The molecular weight excluding hydrogens is 192 g/mol. The van der Waals surface area contributed by atoms with Gasteiger partial charge in [-0.2, -0.15) is 8.78 Å². The van der Waals surface area contributed by atoms with Gasteiger partial charge in [0.2, 0.25) is 0 Å². The third kappa shape index (κ3) is 1.70. The molecule has 12 heavy (non-hydrogen) atoms. The third-order valence-corrected chi connectivity index (χ3v) is 1.55. The maximum atomic E-state index is 12.3. The van der Waals surface area contributed by atoms with Crippen LogP contribution in [0.15, 0.2) is 6.20 Å². The second-order valence-corrected chi connectivity index (χ2v) is 2.73. The lowest BCUT2D eigenvalue weighted by atomic mass is 10.3. The van der Waals surface area contributed by atoms with Crippen molar-refractivity contribution in [2.24, 2.45) is 7.05 Å². The van der Waals surface area contributed by atoms with Gasteiger partial charge >= 0.3 is 5.38 Å². The van der Waals surface area contributed by atoms with Gasteiger partial charge in [-0.3, -0.25) is 0 Å². The van der Waals surface area contributed by atoms with E-state index in [0.717, 1.165) is 10.9 Å². The molecular formula is C5H6ClF2N3O. The number of aromatic nitrogens is 3. The molecule has 7 heteroatoms. The predicted octanol–water partition coefficient (Wildman–Crippen LogP) is 0.680. The smallest absolute Gasteiger partial charge is 0.352 e. The fraction of sp³-hybridized carbons (Fsp3) is 0.600. The lowest BCUT2D eigenvalue weighted by molar-refractivity contribution is -0.0463. The molecule has 0 aliphatic rings. The Morgan fingerprint density at radius 3 is 2.67 bits per heavy atom. The fourth-order valence-electron chi connectivity index (χ4n) is 0.713. The predicted molar refractivity (Wildman–Crippen MR) is 36.8 cm³/mol. The van der Waals surface area contributed by atoms with Crippen molar-refractivity contribution in [2.75, 3.05) is 0 Å². The topological polar surface area (TPSA) is 50.9 Å². The number of aliphatic hydroxyl groups is 1. The van der Waals surface area contributed by atoms with Crippen LogP contribution in [0.25, 0.3) is 0 Å². The molecule has 68 valence electrons. The standard InChI is InChI=1S/C5H6ClF2N3O/c1-11-3(2-9-10-11)4(12)5(6,7)8/h2,4,12H,1H3. The van der Waals surface area contributed by atoms with Crippen LogP contribution in [0.2, 0.25) is 0 Å². The maximum Gasteiger partial charge on any atom is 0.352 e. The molecule has 1 aromatic rings. The van der Waals surface area contributed by atoms with Gasteiger partial charge in [-0.05, 0) is 11.6 Å². The molecule has 1 N–H and O–H groups in total. The average molecular weight is 198 g/mol. The van der Waals surface area contributed by atoms with Crippen molar-refractivity contribution < 1.29 is 13.9 Å². The molecule has 0 aliphatic heterocycles. The highest BCUT2D eigenvalue weighted by molar-refractivity contribution is 6.22. The summed E-state index contributed by atoms with van der Waals surface area (Å²) >= 11 is 4.59. The SMILES string of the molecule is Cn1nncc1C(O)C(F)(F)Cl. The summed E-state index contributed by atoms with van der Waals surface area (Å²) in [6.07, 6.45) is -1.06. The van der Waals surface area contributed by atoms with Crippen molar-refractivity contribution in [3.05, 3.63) is 11.9 Å². The molecule has 0 spiro atoms. The van der Waals surface area contributed by atoms with Crippen molar-refractivity contribution in [1.29, 1.82) is 0 Å². The number of hydrogen-bond donors (Lipinski definition) is 1. The van der Waals surface area contributed by atoms with E-state index < -0.39 is 11.5 Å². The largest absolute Gasteiger partial charge is 0.379 e. The van der Waals surface area contributed by atoms with Crippen molar-refractivity contribution in [3.63, 3.8) is 0 Å². The first kappa shape index (κ1) is 9.34. The molecule has 1 rings (SSSR count). The highest BCUT2D eigenvalue weighted by atomic mass is 35.5. The first-order chi connectivity index (χ1) is 5.43. The van der Waals surface area contributed by atoms with E-state index in [0.29, 0.717) is 0 Å². The summed E-state index contributed by atoms with van der Waals surface area (Å²) in [7, 11) is 1.38. The number of halogens is 3. The molecule has 1 unspecified atom stereocenters.